The smallest absolute Gasteiger partial charge is 0.145 e. The maximum atomic E-state index is 8.83. The van der Waals surface area contributed by atoms with Crippen molar-refractivity contribution < 1.29 is 0 Å². The molecule has 0 atom stereocenters. The van der Waals surface area contributed by atoms with Crippen LogP contribution in [0, 0.1) is 11.3 Å². The van der Waals surface area contributed by atoms with E-state index in [0.717, 1.165) is 12.8 Å². The van der Waals surface area contributed by atoms with Crippen LogP contribution < -0.4 is 16.6 Å². The molecule has 0 fully saturated rings. The number of nitrogens with zero attached hydrogens (tertiary/aromatic N) is 3. The monoisotopic (exact) mass is 302 g/mol. The van der Waals surface area contributed by atoms with Gasteiger partial charge in [0, 0.05) is 12.5 Å². The van der Waals surface area contributed by atoms with Gasteiger partial charge in [0.25, 0.3) is 0 Å². The molecular formula is C14H15ClN6. The molecular weight excluding hydrogens is 288 g/mol. The Kier molecular flexibility index (Phi) is 4.93. The lowest BCUT2D eigenvalue weighted by molar-refractivity contribution is 0.837. The summed E-state index contributed by atoms with van der Waals surface area (Å²) in [7, 11) is 0. The highest BCUT2D eigenvalue weighted by molar-refractivity contribution is 6.33. The van der Waals surface area contributed by atoms with Gasteiger partial charge in [-0.3, -0.25) is 0 Å². The molecule has 4 N–H and O–H groups in total. The molecule has 2 aromatic rings. The molecule has 0 aliphatic carbocycles. The van der Waals surface area contributed by atoms with E-state index >= 15 is 0 Å². The van der Waals surface area contributed by atoms with Gasteiger partial charge in [0.1, 0.15) is 17.5 Å². The Balaban J connectivity index is 2.30. The Bertz CT molecular complexity index is 680. The maximum absolute atomic E-state index is 8.83. The second-order valence-electron chi connectivity index (χ2n) is 4.38. The molecule has 0 aliphatic heterocycles. The quantitative estimate of drug-likeness (QED) is 0.580. The molecule has 0 saturated carbocycles. The van der Waals surface area contributed by atoms with E-state index in [2.05, 4.69) is 27.6 Å². The van der Waals surface area contributed by atoms with Gasteiger partial charge in [-0.2, -0.15) is 5.26 Å². The van der Waals surface area contributed by atoms with Crippen molar-refractivity contribution in [2.75, 3.05) is 10.7 Å². The number of halogens is 1. The summed E-state index contributed by atoms with van der Waals surface area (Å²) in [6, 6.07) is 8.74. The summed E-state index contributed by atoms with van der Waals surface area (Å²) in [6.07, 6.45) is 1.69. The van der Waals surface area contributed by atoms with E-state index in [0.29, 0.717) is 33.7 Å². The molecule has 0 aliphatic rings. The standard InChI is InChI=1S/C14H15ClN6/c1-2-3-12-19-13(7-14(20-12)21-17)18-11-5-4-9(8-16)6-10(11)15/h4-7H,2-3,17H2,1H3,(H2,18,19,20,21). The highest BCUT2D eigenvalue weighted by Crippen LogP contribution is 2.26. The molecule has 0 amide bonds. The Morgan fingerprint density at radius 2 is 2.05 bits per heavy atom. The number of nitriles is 1. The molecule has 1 aromatic carbocycles. The van der Waals surface area contributed by atoms with Crippen LogP contribution in [0.3, 0.4) is 0 Å². The van der Waals surface area contributed by atoms with E-state index in [9.17, 15) is 0 Å². The Hall–Kier alpha value is -2.36. The second kappa shape index (κ2) is 6.88. The van der Waals surface area contributed by atoms with Crippen molar-refractivity contribution in [3.63, 3.8) is 0 Å². The molecule has 1 heterocycles. The highest BCUT2D eigenvalue weighted by atomic mass is 35.5. The fraction of sp³-hybridized carbons (Fsp3) is 0.214. The molecule has 0 bridgehead atoms. The van der Waals surface area contributed by atoms with Gasteiger partial charge in [-0.15, -0.1) is 0 Å². The lowest BCUT2D eigenvalue weighted by Crippen LogP contribution is -2.11. The van der Waals surface area contributed by atoms with Crippen LogP contribution in [0.5, 0.6) is 0 Å². The van der Waals surface area contributed by atoms with Gasteiger partial charge in [-0.1, -0.05) is 18.5 Å². The number of hydrazine groups is 1. The summed E-state index contributed by atoms with van der Waals surface area (Å²) in [5.41, 5.74) is 3.69. The summed E-state index contributed by atoms with van der Waals surface area (Å²) in [5.74, 6) is 7.23. The molecule has 2 rings (SSSR count). The van der Waals surface area contributed by atoms with E-state index in [4.69, 9.17) is 22.7 Å². The van der Waals surface area contributed by atoms with E-state index in [1.54, 1.807) is 24.3 Å². The zero-order chi connectivity index (χ0) is 15.2. The number of hydrogen-bond acceptors (Lipinski definition) is 6. The number of aromatic nitrogens is 2. The van der Waals surface area contributed by atoms with Gasteiger partial charge in [0.05, 0.1) is 22.3 Å². The molecule has 6 nitrogen and oxygen atoms in total. The number of anilines is 3. The first-order valence-corrected chi connectivity index (χ1v) is 6.85. The van der Waals surface area contributed by atoms with Crippen LogP contribution in [0.1, 0.15) is 24.7 Å². The Morgan fingerprint density at radius 1 is 1.29 bits per heavy atom. The van der Waals surface area contributed by atoms with Gasteiger partial charge in [-0.25, -0.2) is 15.8 Å². The minimum absolute atomic E-state index is 0.451. The first kappa shape index (κ1) is 15.0. The summed E-state index contributed by atoms with van der Waals surface area (Å²) >= 11 is 6.14. The van der Waals surface area contributed by atoms with Crippen LogP contribution >= 0.6 is 11.6 Å². The van der Waals surface area contributed by atoms with Crippen LogP contribution in [0.15, 0.2) is 24.3 Å². The average Bonchev–Trinajstić information content (AvgIpc) is 2.49. The first-order valence-electron chi connectivity index (χ1n) is 6.47. The maximum Gasteiger partial charge on any atom is 0.145 e. The van der Waals surface area contributed by atoms with Crippen molar-refractivity contribution in [1.82, 2.24) is 9.97 Å². The summed E-state index contributed by atoms with van der Waals surface area (Å²) in [5, 5.41) is 12.4. The van der Waals surface area contributed by atoms with Gasteiger partial charge >= 0.3 is 0 Å². The molecule has 21 heavy (non-hydrogen) atoms. The van der Waals surface area contributed by atoms with Gasteiger partial charge < -0.3 is 10.7 Å². The van der Waals surface area contributed by atoms with Crippen molar-refractivity contribution in [3.05, 3.63) is 40.7 Å². The fourth-order valence-corrected chi connectivity index (χ4v) is 2.02. The van der Waals surface area contributed by atoms with E-state index in [-0.39, 0.29) is 0 Å². The first-order chi connectivity index (χ1) is 10.2. The SMILES string of the molecule is CCCc1nc(NN)cc(Nc2ccc(C#N)cc2Cl)n1. The minimum Gasteiger partial charge on any atom is -0.339 e. The molecule has 108 valence electrons. The van der Waals surface area contributed by atoms with E-state index in [1.165, 1.54) is 0 Å². The minimum atomic E-state index is 0.451. The predicted molar refractivity (Wildman–Crippen MR) is 83.3 cm³/mol. The number of rotatable bonds is 5. The lowest BCUT2D eigenvalue weighted by Gasteiger charge is -2.10. The number of hydrogen-bond donors (Lipinski definition) is 3. The molecule has 0 spiro atoms. The van der Waals surface area contributed by atoms with Crippen LogP contribution in [0.4, 0.5) is 17.3 Å². The summed E-state index contributed by atoms with van der Waals surface area (Å²) in [4.78, 5) is 8.68. The normalized spacial score (nSPS) is 10.0. The fourth-order valence-electron chi connectivity index (χ4n) is 1.79. The van der Waals surface area contributed by atoms with Crippen molar-refractivity contribution in [1.29, 1.82) is 5.26 Å². The molecule has 7 heteroatoms. The topological polar surface area (TPSA) is 99.6 Å². The zero-order valence-corrected chi connectivity index (χ0v) is 12.3. The number of benzene rings is 1. The van der Waals surface area contributed by atoms with E-state index < -0.39 is 0 Å². The van der Waals surface area contributed by atoms with Gasteiger partial charge in [0.15, 0.2) is 0 Å². The Morgan fingerprint density at radius 3 is 2.67 bits per heavy atom. The van der Waals surface area contributed by atoms with Crippen molar-refractivity contribution in [3.8, 4) is 6.07 Å². The number of nitrogen functional groups attached to an aromatic ring is 1. The van der Waals surface area contributed by atoms with Crippen LogP contribution in [-0.2, 0) is 6.42 Å². The molecule has 0 unspecified atom stereocenters. The second-order valence-corrected chi connectivity index (χ2v) is 4.79. The zero-order valence-electron chi connectivity index (χ0n) is 11.5. The van der Waals surface area contributed by atoms with Crippen LogP contribution in [-0.4, -0.2) is 9.97 Å². The third kappa shape index (κ3) is 3.81. The van der Waals surface area contributed by atoms with Crippen LogP contribution in [0.25, 0.3) is 0 Å². The third-order valence-corrected chi connectivity index (χ3v) is 3.07. The lowest BCUT2D eigenvalue weighted by atomic mass is 10.2. The summed E-state index contributed by atoms with van der Waals surface area (Å²) < 4.78 is 0. The predicted octanol–water partition coefficient (Wildman–Crippen LogP) is 2.98. The Labute approximate surface area is 127 Å². The molecule has 0 radical (unpaired) electrons. The average molecular weight is 303 g/mol. The van der Waals surface area contributed by atoms with E-state index in [1.807, 2.05) is 6.07 Å². The molecule has 1 aromatic heterocycles. The highest BCUT2D eigenvalue weighted by Gasteiger charge is 2.07. The third-order valence-electron chi connectivity index (χ3n) is 2.75. The number of nitrogens with two attached hydrogens (primary N) is 1. The number of nitrogens with one attached hydrogen (secondary N) is 2. The number of aryl methyl sites for hydroxylation is 1. The molecule has 0 saturated heterocycles. The van der Waals surface area contributed by atoms with Gasteiger partial charge in [0.2, 0.25) is 0 Å². The van der Waals surface area contributed by atoms with Crippen molar-refractivity contribution >= 4 is 28.9 Å². The van der Waals surface area contributed by atoms with Gasteiger partial charge in [-0.05, 0) is 24.6 Å². The van der Waals surface area contributed by atoms with Crippen molar-refractivity contribution in [2.45, 2.75) is 19.8 Å². The van der Waals surface area contributed by atoms with Crippen molar-refractivity contribution in [2.24, 2.45) is 5.84 Å². The summed E-state index contributed by atoms with van der Waals surface area (Å²) in [6.45, 7) is 2.05. The van der Waals surface area contributed by atoms with Crippen LogP contribution in [0.2, 0.25) is 5.02 Å². The largest absolute Gasteiger partial charge is 0.339 e.